The Balaban J connectivity index is 4.43. The molecule has 0 bridgehead atoms. The van der Waals surface area contributed by atoms with E-state index < -0.39 is 18.2 Å². The van der Waals surface area contributed by atoms with E-state index in [2.05, 4.69) is 38.2 Å². The van der Waals surface area contributed by atoms with Crippen molar-refractivity contribution in [3.05, 3.63) is 12.2 Å². The number of carbonyl (C=O) groups excluding carboxylic acids is 2. The monoisotopic (exact) mass is 820 g/mol. The molecule has 0 spiro atoms. The van der Waals surface area contributed by atoms with Crippen molar-refractivity contribution in [3.8, 4) is 0 Å². The molecular formula is C52H101NO5. The predicted molar refractivity (Wildman–Crippen MR) is 250 cm³/mol. The van der Waals surface area contributed by atoms with Crippen molar-refractivity contribution in [3.63, 3.8) is 0 Å². The molecule has 3 N–H and O–H groups in total. The summed E-state index contributed by atoms with van der Waals surface area (Å²) in [5.41, 5.74) is 0. The van der Waals surface area contributed by atoms with Gasteiger partial charge in [0, 0.05) is 6.42 Å². The minimum absolute atomic E-state index is 0.0810. The van der Waals surface area contributed by atoms with Crippen molar-refractivity contribution < 1.29 is 24.5 Å². The third kappa shape index (κ3) is 41.3. The minimum atomic E-state index is -0.782. The Hall–Kier alpha value is -1.40. The lowest BCUT2D eigenvalue weighted by atomic mass is 10.0. The van der Waals surface area contributed by atoms with Crippen LogP contribution in [0.15, 0.2) is 12.2 Å². The van der Waals surface area contributed by atoms with Crippen LogP contribution in [0.25, 0.3) is 0 Å². The maximum atomic E-state index is 13.2. The van der Waals surface area contributed by atoms with Gasteiger partial charge in [-0.15, -0.1) is 0 Å². The number of allylic oxidation sites excluding steroid dienone is 2. The summed E-state index contributed by atoms with van der Waals surface area (Å²) in [6.45, 7) is 6.44. The molecule has 0 rings (SSSR count). The second-order valence-electron chi connectivity index (χ2n) is 17.9. The zero-order valence-electron chi connectivity index (χ0n) is 39.2. The predicted octanol–water partition coefficient (Wildman–Crippen LogP) is 15.3. The Morgan fingerprint density at radius 3 is 1.29 bits per heavy atom. The number of aliphatic hydroxyl groups is 2. The van der Waals surface area contributed by atoms with Crippen molar-refractivity contribution in [2.45, 2.75) is 302 Å². The summed E-state index contributed by atoms with van der Waals surface area (Å²) in [5, 5.41) is 23.8. The Labute approximate surface area is 361 Å². The van der Waals surface area contributed by atoms with Crippen LogP contribution in [0, 0.1) is 0 Å². The number of ether oxygens (including phenoxy) is 1. The van der Waals surface area contributed by atoms with Gasteiger partial charge >= 0.3 is 5.97 Å². The molecule has 1 amide bonds. The topological polar surface area (TPSA) is 95.9 Å². The first kappa shape index (κ1) is 56.6. The van der Waals surface area contributed by atoms with E-state index in [0.29, 0.717) is 19.3 Å². The Morgan fingerprint density at radius 1 is 0.483 bits per heavy atom. The standard InChI is InChI=1S/C52H101NO5/c1-4-7-10-13-16-19-22-24-25-26-27-28-30-32-35-38-41-44-50(55)49(47-54)53-51(56)46-48(43-40-37-34-31-29-23-20-17-14-11-8-5-2)58-52(57)45-42-39-36-33-21-18-15-12-9-6-3/h12,15,48-50,54-55H,4-11,13-14,16-47H2,1-3H3,(H,53,56)/b15-12-. The molecule has 0 saturated carbocycles. The molecule has 0 aromatic heterocycles. The molecular weight excluding hydrogens is 719 g/mol. The van der Waals surface area contributed by atoms with Crippen LogP contribution in [0.4, 0.5) is 0 Å². The van der Waals surface area contributed by atoms with Crippen molar-refractivity contribution >= 4 is 11.9 Å². The fraction of sp³-hybridized carbons (Fsp3) is 0.923. The molecule has 3 atom stereocenters. The van der Waals surface area contributed by atoms with E-state index in [0.717, 1.165) is 57.8 Å². The Kier molecular flexibility index (Phi) is 45.5. The molecule has 6 heteroatoms. The van der Waals surface area contributed by atoms with Crippen molar-refractivity contribution in [1.29, 1.82) is 0 Å². The maximum Gasteiger partial charge on any atom is 0.306 e. The van der Waals surface area contributed by atoms with Crippen LogP contribution < -0.4 is 5.32 Å². The van der Waals surface area contributed by atoms with Crippen molar-refractivity contribution in [1.82, 2.24) is 5.32 Å². The first-order chi connectivity index (χ1) is 28.5. The van der Waals surface area contributed by atoms with Crippen LogP contribution >= 0.6 is 0 Å². The summed E-state index contributed by atoms with van der Waals surface area (Å²) in [6, 6.07) is -0.696. The SMILES string of the molecule is CCC/C=C\CCCCCCCC(=O)OC(CCCCCCCCCCCCCC)CC(=O)NC(CO)C(O)CCCCCCCCCCCCCCCCCCC. The van der Waals surface area contributed by atoms with Crippen molar-refractivity contribution in [2.24, 2.45) is 0 Å². The molecule has 0 radical (unpaired) electrons. The first-order valence-corrected chi connectivity index (χ1v) is 25.9. The highest BCUT2D eigenvalue weighted by Crippen LogP contribution is 2.18. The zero-order valence-corrected chi connectivity index (χ0v) is 39.2. The second-order valence-corrected chi connectivity index (χ2v) is 17.9. The van der Waals surface area contributed by atoms with Gasteiger partial charge in [-0.3, -0.25) is 9.59 Å². The fourth-order valence-corrected chi connectivity index (χ4v) is 8.14. The summed E-state index contributed by atoms with van der Waals surface area (Å²) >= 11 is 0. The highest BCUT2D eigenvalue weighted by Gasteiger charge is 2.24. The van der Waals surface area contributed by atoms with Gasteiger partial charge in [-0.2, -0.15) is 0 Å². The number of amides is 1. The van der Waals surface area contributed by atoms with Gasteiger partial charge in [-0.1, -0.05) is 238 Å². The first-order valence-electron chi connectivity index (χ1n) is 25.9. The van der Waals surface area contributed by atoms with Gasteiger partial charge in [0.15, 0.2) is 0 Å². The second kappa shape index (κ2) is 46.7. The van der Waals surface area contributed by atoms with Gasteiger partial charge in [0.1, 0.15) is 6.10 Å². The number of hydrogen-bond acceptors (Lipinski definition) is 5. The van der Waals surface area contributed by atoms with E-state index in [-0.39, 0.29) is 24.9 Å². The average molecular weight is 820 g/mol. The summed E-state index contributed by atoms with van der Waals surface area (Å²) in [7, 11) is 0. The van der Waals surface area contributed by atoms with E-state index in [1.807, 2.05) is 0 Å². The summed E-state index contributed by atoms with van der Waals surface area (Å²) in [4.78, 5) is 26.0. The van der Waals surface area contributed by atoms with Crippen LogP contribution in [-0.4, -0.2) is 46.9 Å². The lowest BCUT2D eigenvalue weighted by molar-refractivity contribution is -0.151. The number of carbonyl (C=O) groups is 2. The molecule has 0 aromatic rings. The number of nitrogens with one attached hydrogen (secondary N) is 1. The van der Waals surface area contributed by atoms with Crippen molar-refractivity contribution in [2.75, 3.05) is 6.61 Å². The normalized spacial score (nSPS) is 13.3. The number of hydrogen-bond donors (Lipinski definition) is 3. The molecule has 0 aliphatic carbocycles. The van der Waals surface area contributed by atoms with Gasteiger partial charge in [0.25, 0.3) is 0 Å². The van der Waals surface area contributed by atoms with Gasteiger partial charge < -0.3 is 20.3 Å². The molecule has 58 heavy (non-hydrogen) atoms. The van der Waals surface area contributed by atoms with Crippen LogP contribution in [0.3, 0.4) is 0 Å². The van der Waals surface area contributed by atoms with Crippen LogP contribution in [0.5, 0.6) is 0 Å². The summed E-state index contributed by atoms with van der Waals surface area (Å²) in [6.07, 6.45) is 51.3. The third-order valence-corrected chi connectivity index (χ3v) is 12.1. The lowest BCUT2D eigenvalue weighted by Gasteiger charge is -2.24. The Bertz CT molecular complexity index is 878. The number of esters is 1. The minimum Gasteiger partial charge on any atom is -0.462 e. The van der Waals surface area contributed by atoms with E-state index in [4.69, 9.17) is 4.74 Å². The number of rotatable bonds is 47. The maximum absolute atomic E-state index is 13.2. The highest BCUT2D eigenvalue weighted by atomic mass is 16.5. The zero-order chi connectivity index (χ0) is 42.4. The lowest BCUT2D eigenvalue weighted by Crippen LogP contribution is -2.46. The molecule has 0 aliphatic heterocycles. The van der Waals surface area contributed by atoms with Crippen LogP contribution in [-0.2, 0) is 14.3 Å². The molecule has 3 unspecified atom stereocenters. The molecule has 0 aromatic carbocycles. The molecule has 0 aliphatic rings. The highest BCUT2D eigenvalue weighted by molar-refractivity contribution is 5.77. The largest absolute Gasteiger partial charge is 0.462 e. The van der Waals surface area contributed by atoms with E-state index in [1.165, 1.54) is 180 Å². The van der Waals surface area contributed by atoms with Crippen LogP contribution in [0.2, 0.25) is 0 Å². The number of aliphatic hydroxyl groups excluding tert-OH is 2. The summed E-state index contributed by atoms with van der Waals surface area (Å²) < 4.78 is 5.91. The number of unbranched alkanes of at least 4 members (excludes halogenated alkanes) is 33. The van der Waals surface area contributed by atoms with Gasteiger partial charge in [-0.05, 0) is 44.9 Å². The molecule has 0 fully saturated rings. The van der Waals surface area contributed by atoms with Crippen LogP contribution in [0.1, 0.15) is 284 Å². The van der Waals surface area contributed by atoms with E-state index >= 15 is 0 Å². The summed E-state index contributed by atoms with van der Waals surface area (Å²) in [5.74, 6) is -0.470. The molecule has 0 heterocycles. The third-order valence-electron chi connectivity index (χ3n) is 12.1. The van der Waals surface area contributed by atoms with E-state index in [1.54, 1.807) is 0 Å². The molecule has 0 saturated heterocycles. The quantitative estimate of drug-likeness (QED) is 0.0323. The molecule has 344 valence electrons. The van der Waals surface area contributed by atoms with E-state index in [9.17, 15) is 19.8 Å². The fourth-order valence-electron chi connectivity index (χ4n) is 8.14. The average Bonchev–Trinajstić information content (AvgIpc) is 3.22. The Morgan fingerprint density at radius 2 is 0.862 bits per heavy atom. The molecule has 6 nitrogen and oxygen atoms in total. The smallest absolute Gasteiger partial charge is 0.306 e. The van der Waals surface area contributed by atoms with Gasteiger partial charge in [0.05, 0.1) is 25.2 Å². The van der Waals surface area contributed by atoms with Gasteiger partial charge in [-0.25, -0.2) is 0 Å². The van der Waals surface area contributed by atoms with Gasteiger partial charge in [0.2, 0.25) is 5.91 Å².